The Morgan fingerprint density at radius 1 is 1.27 bits per heavy atom. The Hall–Kier alpha value is -2.70. The number of rotatable bonds is 9. The maximum atomic E-state index is 12.4. The van der Waals surface area contributed by atoms with Crippen LogP contribution in [-0.4, -0.2) is 43.0 Å². The Balaban J connectivity index is 1.59. The lowest BCUT2D eigenvalue weighted by Gasteiger charge is -2.22. The van der Waals surface area contributed by atoms with Crippen LogP contribution < -0.4 is 14.4 Å². The van der Waals surface area contributed by atoms with Crippen molar-refractivity contribution in [2.24, 2.45) is 0 Å². The molecule has 1 fully saturated rings. The van der Waals surface area contributed by atoms with E-state index in [1.165, 1.54) is 0 Å². The summed E-state index contributed by atoms with van der Waals surface area (Å²) < 4.78 is 36.2. The molecule has 30 heavy (non-hydrogen) atoms. The smallest absolute Gasteiger partial charge is 0.272 e. The number of aromatic nitrogens is 1. The average Bonchev–Trinajstić information content (AvgIpc) is 3.15. The number of nitrogens with zero attached hydrogens (tertiary/aromatic N) is 2. The highest BCUT2D eigenvalue weighted by molar-refractivity contribution is 5.76. The second-order valence-corrected chi connectivity index (χ2v) is 7.81. The maximum absolute atomic E-state index is 12.4. The summed E-state index contributed by atoms with van der Waals surface area (Å²) in [6.45, 7) is 6.32. The first-order chi connectivity index (χ1) is 14.3. The molecule has 2 heterocycles. The number of pyridine rings is 1. The highest BCUT2D eigenvalue weighted by Crippen LogP contribution is 2.31. The predicted molar refractivity (Wildman–Crippen MR) is 112 cm³/mol. The summed E-state index contributed by atoms with van der Waals surface area (Å²) in [5, 5.41) is 0. The summed E-state index contributed by atoms with van der Waals surface area (Å²) in [5.74, 6) is 1.41. The van der Waals surface area contributed by atoms with Gasteiger partial charge in [-0.25, -0.2) is 13.8 Å². The second-order valence-electron chi connectivity index (χ2n) is 7.81. The molecule has 7 heteroatoms. The van der Waals surface area contributed by atoms with Crippen molar-refractivity contribution in [3.05, 3.63) is 47.7 Å². The molecule has 0 radical (unpaired) electrons. The number of ketones is 1. The zero-order valence-corrected chi connectivity index (χ0v) is 17.6. The third-order valence-corrected chi connectivity index (χ3v) is 5.31. The van der Waals surface area contributed by atoms with Crippen molar-refractivity contribution < 1.29 is 23.0 Å². The van der Waals surface area contributed by atoms with Crippen molar-refractivity contribution >= 4 is 11.5 Å². The van der Waals surface area contributed by atoms with Gasteiger partial charge in [-0.2, -0.15) is 0 Å². The fraction of sp³-hybridized carbons (Fsp3) is 0.478. The van der Waals surface area contributed by atoms with Crippen molar-refractivity contribution in [1.29, 1.82) is 0 Å². The van der Waals surface area contributed by atoms with Gasteiger partial charge in [-0.3, -0.25) is 0 Å². The number of ether oxygens (including phenoxy) is 2. The molecule has 3 rings (SSSR count). The Kier molecular flexibility index (Phi) is 7.24. The second kappa shape index (κ2) is 9.87. The molecule has 2 aromatic rings. The number of hydrogen-bond acceptors (Lipinski definition) is 5. The number of anilines is 1. The van der Waals surface area contributed by atoms with E-state index in [4.69, 9.17) is 9.47 Å². The standard InChI is InChI=1S/C23H28F2N2O3/c1-15(12-16(2)28)18-4-6-19(7-5-18)30-20-9-11-27(13-20)21-8-10-26-23(17(21)3)29-14-22(24)25/h4-8,10,15,20,22H,9,11-14H2,1-3H3/t15-,20-/m1/s1. The number of alkyl halides is 2. The topological polar surface area (TPSA) is 51.7 Å². The van der Waals surface area contributed by atoms with Crippen LogP contribution in [0.2, 0.25) is 0 Å². The number of halogens is 2. The Labute approximate surface area is 176 Å². The van der Waals surface area contributed by atoms with Gasteiger partial charge in [-0.15, -0.1) is 0 Å². The zero-order valence-electron chi connectivity index (χ0n) is 17.6. The molecular formula is C23H28F2N2O3. The molecule has 5 nitrogen and oxygen atoms in total. The van der Waals surface area contributed by atoms with E-state index in [1.807, 2.05) is 44.2 Å². The fourth-order valence-corrected chi connectivity index (χ4v) is 3.80. The van der Waals surface area contributed by atoms with Gasteiger partial charge in [-0.1, -0.05) is 19.1 Å². The number of carbonyl (C=O) groups is 1. The van der Waals surface area contributed by atoms with Crippen LogP contribution in [0.5, 0.6) is 11.6 Å². The third kappa shape index (κ3) is 5.68. The number of Topliss-reactive ketones (excluding diaryl/α,β-unsaturated/α-hetero) is 1. The van der Waals surface area contributed by atoms with Gasteiger partial charge in [0.15, 0.2) is 6.61 Å². The van der Waals surface area contributed by atoms with Gasteiger partial charge in [-0.05, 0) is 43.5 Å². The SMILES string of the molecule is CC(=O)C[C@@H](C)c1ccc(O[C@@H]2CCN(c3ccnc(OCC(F)F)c3C)C2)cc1. The minimum atomic E-state index is -2.53. The molecule has 1 aromatic heterocycles. The lowest BCUT2D eigenvalue weighted by molar-refractivity contribution is -0.117. The molecule has 0 spiro atoms. The van der Waals surface area contributed by atoms with Crippen LogP contribution in [-0.2, 0) is 4.79 Å². The van der Waals surface area contributed by atoms with Gasteiger partial charge in [0.2, 0.25) is 5.88 Å². The van der Waals surface area contributed by atoms with E-state index in [2.05, 4.69) is 9.88 Å². The number of hydrogen-bond donors (Lipinski definition) is 0. The van der Waals surface area contributed by atoms with Crippen LogP contribution in [0, 0.1) is 6.92 Å². The third-order valence-electron chi connectivity index (χ3n) is 5.31. The molecule has 1 saturated heterocycles. The molecule has 0 N–H and O–H groups in total. The first-order valence-corrected chi connectivity index (χ1v) is 10.2. The van der Waals surface area contributed by atoms with Crippen molar-refractivity contribution in [3.8, 4) is 11.6 Å². The highest BCUT2D eigenvalue weighted by Gasteiger charge is 2.26. The molecule has 0 unspecified atom stereocenters. The number of benzene rings is 1. The van der Waals surface area contributed by atoms with E-state index in [0.717, 1.165) is 35.5 Å². The van der Waals surface area contributed by atoms with E-state index < -0.39 is 13.0 Å². The van der Waals surface area contributed by atoms with Gasteiger partial charge >= 0.3 is 0 Å². The average molecular weight is 418 g/mol. The van der Waals surface area contributed by atoms with E-state index in [0.29, 0.717) is 13.0 Å². The van der Waals surface area contributed by atoms with Crippen LogP contribution in [0.25, 0.3) is 0 Å². The molecule has 0 aliphatic carbocycles. The summed E-state index contributed by atoms with van der Waals surface area (Å²) in [6, 6.07) is 9.79. The molecule has 0 saturated carbocycles. The van der Waals surface area contributed by atoms with Crippen molar-refractivity contribution in [2.75, 3.05) is 24.6 Å². The summed E-state index contributed by atoms with van der Waals surface area (Å²) in [4.78, 5) is 17.6. The van der Waals surface area contributed by atoms with Crippen molar-refractivity contribution in [3.63, 3.8) is 0 Å². The normalized spacial score (nSPS) is 17.3. The zero-order chi connectivity index (χ0) is 21.7. The van der Waals surface area contributed by atoms with E-state index in [9.17, 15) is 13.6 Å². The summed E-state index contributed by atoms with van der Waals surface area (Å²) in [7, 11) is 0. The van der Waals surface area contributed by atoms with Gasteiger partial charge in [0.05, 0.1) is 6.54 Å². The van der Waals surface area contributed by atoms with Crippen molar-refractivity contribution in [1.82, 2.24) is 4.98 Å². The molecule has 1 aliphatic heterocycles. The van der Waals surface area contributed by atoms with Gasteiger partial charge < -0.3 is 19.2 Å². The summed E-state index contributed by atoms with van der Waals surface area (Å²) in [6.07, 6.45) is 0.474. The molecule has 0 bridgehead atoms. The first-order valence-electron chi connectivity index (χ1n) is 10.2. The van der Waals surface area contributed by atoms with E-state index in [-0.39, 0.29) is 23.7 Å². The highest BCUT2D eigenvalue weighted by atomic mass is 19.3. The Morgan fingerprint density at radius 3 is 2.67 bits per heavy atom. The lowest BCUT2D eigenvalue weighted by atomic mass is 9.96. The van der Waals surface area contributed by atoms with Gasteiger partial charge in [0.1, 0.15) is 17.6 Å². The van der Waals surface area contributed by atoms with Crippen LogP contribution in [0.4, 0.5) is 14.5 Å². The Morgan fingerprint density at radius 2 is 2.00 bits per heavy atom. The van der Waals surface area contributed by atoms with Gasteiger partial charge in [0, 0.05) is 36.8 Å². The van der Waals surface area contributed by atoms with Crippen LogP contribution in [0.15, 0.2) is 36.5 Å². The molecular weight excluding hydrogens is 390 g/mol. The molecule has 1 aromatic carbocycles. The van der Waals surface area contributed by atoms with Crippen LogP contribution >= 0.6 is 0 Å². The number of carbonyl (C=O) groups excluding carboxylic acids is 1. The van der Waals surface area contributed by atoms with E-state index >= 15 is 0 Å². The fourth-order valence-electron chi connectivity index (χ4n) is 3.80. The molecule has 2 atom stereocenters. The molecule has 1 aliphatic rings. The van der Waals surface area contributed by atoms with Crippen molar-refractivity contribution in [2.45, 2.75) is 52.1 Å². The minimum absolute atomic E-state index is 0.0310. The maximum Gasteiger partial charge on any atom is 0.272 e. The molecule has 0 amide bonds. The summed E-state index contributed by atoms with van der Waals surface area (Å²) in [5.41, 5.74) is 2.80. The quantitative estimate of drug-likeness (QED) is 0.587. The Bertz CT molecular complexity index is 858. The largest absolute Gasteiger partial charge is 0.489 e. The van der Waals surface area contributed by atoms with Gasteiger partial charge in [0.25, 0.3) is 6.43 Å². The van der Waals surface area contributed by atoms with Crippen LogP contribution in [0.1, 0.15) is 43.7 Å². The molecule has 162 valence electrons. The minimum Gasteiger partial charge on any atom is -0.489 e. The van der Waals surface area contributed by atoms with Crippen LogP contribution in [0.3, 0.4) is 0 Å². The lowest BCUT2D eigenvalue weighted by Crippen LogP contribution is -2.25. The summed E-state index contributed by atoms with van der Waals surface area (Å²) >= 11 is 0. The van der Waals surface area contributed by atoms with E-state index in [1.54, 1.807) is 13.1 Å². The monoisotopic (exact) mass is 418 g/mol. The first kappa shape index (κ1) is 22.0. The predicted octanol–water partition coefficient (Wildman–Crippen LogP) is 4.77.